The maximum absolute atomic E-state index is 5.69. The second-order valence-electron chi connectivity index (χ2n) is 3.85. The van der Waals surface area contributed by atoms with Crippen LogP contribution in [0.2, 0.25) is 0 Å². The molecule has 0 unspecified atom stereocenters. The number of likely N-dealkylation sites (N-methyl/N-ethyl adjacent to an activating group) is 1. The number of hydrogen-bond donors (Lipinski definition) is 1. The van der Waals surface area contributed by atoms with E-state index in [0.717, 1.165) is 10.8 Å². The smallest absolute Gasteiger partial charge is 0.185 e. The van der Waals surface area contributed by atoms with Gasteiger partial charge in [-0.05, 0) is 20.8 Å². The minimum Gasteiger partial charge on any atom is -0.345 e. The molecule has 0 aromatic carbocycles. The first-order chi connectivity index (χ1) is 5.97. The number of aromatic nitrogens is 1. The third-order valence-corrected chi connectivity index (χ3v) is 3.34. The number of nitrogens with two attached hydrogens (primary N) is 1. The second-order valence-corrected chi connectivity index (χ2v) is 4.68. The van der Waals surface area contributed by atoms with E-state index in [-0.39, 0.29) is 5.54 Å². The van der Waals surface area contributed by atoms with Crippen molar-refractivity contribution in [1.29, 1.82) is 0 Å². The van der Waals surface area contributed by atoms with Gasteiger partial charge in [-0.25, -0.2) is 4.98 Å². The summed E-state index contributed by atoms with van der Waals surface area (Å²) in [6.07, 6.45) is 0. The number of anilines is 1. The summed E-state index contributed by atoms with van der Waals surface area (Å²) >= 11 is 1.66. The lowest BCUT2D eigenvalue weighted by atomic mass is 10.1. The maximum atomic E-state index is 5.69. The number of nitrogens with zero attached hydrogens (tertiary/aromatic N) is 2. The molecule has 0 aliphatic rings. The van der Waals surface area contributed by atoms with Crippen LogP contribution in [-0.4, -0.2) is 24.1 Å². The van der Waals surface area contributed by atoms with Crippen LogP contribution < -0.4 is 10.6 Å². The number of aryl methyl sites for hydroxylation is 1. The van der Waals surface area contributed by atoms with E-state index in [4.69, 9.17) is 5.73 Å². The molecule has 3 nitrogen and oxygen atoms in total. The van der Waals surface area contributed by atoms with Crippen molar-refractivity contribution in [3.63, 3.8) is 0 Å². The largest absolute Gasteiger partial charge is 0.345 e. The summed E-state index contributed by atoms with van der Waals surface area (Å²) in [5, 5.41) is 3.09. The van der Waals surface area contributed by atoms with Gasteiger partial charge in [0.15, 0.2) is 5.13 Å². The number of rotatable bonds is 3. The first-order valence-corrected chi connectivity index (χ1v) is 5.21. The Morgan fingerprint density at radius 1 is 1.62 bits per heavy atom. The highest BCUT2D eigenvalue weighted by molar-refractivity contribution is 7.13. The summed E-state index contributed by atoms with van der Waals surface area (Å²) in [5.74, 6) is 0. The van der Waals surface area contributed by atoms with Crippen LogP contribution >= 0.6 is 11.3 Å². The molecule has 0 saturated heterocycles. The molecule has 0 radical (unpaired) electrons. The topological polar surface area (TPSA) is 42.1 Å². The molecule has 0 amide bonds. The predicted octanol–water partition coefficient (Wildman–Crippen LogP) is 1.63. The highest BCUT2D eigenvalue weighted by Crippen LogP contribution is 2.24. The van der Waals surface area contributed by atoms with Crippen molar-refractivity contribution in [2.75, 3.05) is 18.5 Å². The van der Waals surface area contributed by atoms with E-state index in [9.17, 15) is 0 Å². The zero-order valence-electron chi connectivity index (χ0n) is 8.66. The Balaban J connectivity index is 2.84. The van der Waals surface area contributed by atoms with Crippen LogP contribution in [0.1, 0.15) is 19.5 Å². The maximum Gasteiger partial charge on any atom is 0.185 e. The Morgan fingerprint density at radius 2 is 2.23 bits per heavy atom. The lowest BCUT2D eigenvalue weighted by Gasteiger charge is -2.34. The summed E-state index contributed by atoms with van der Waals surface area (Å²) in [5.41, 5.74) is 6.73. The number of hydrogen-bond acceptors (Lipinski definition) is 4. The van der Waals surface area contributed by atoms with Crippen LogP contribution in [0.4, 0.5) is 5.13 Å². The average Bonchev–Trinajstić information content (AvgIpc) is 2.50. The van der Waals surface area contributed by atoms with Crippen LogP contribution in [-0.2, 0) is 0 Å². The van der Waals surface area contributed by atoms with Crippen molar-refractivity contribution < 1.29 is 0 Å². The first kappa shape index (κ1) is 10.5. The van der Waals surface area contributed by atoms with E-state index in [0.29, 0.717) is 6.54 Å². The summed E-state index contributed by atoms with van der Waals surface area (Å²) in [7, 11) is 2.03. The zero-order chi connectivity index (χ0) is 10.1. The Bertz CT molecular complexity index is 280. The standard InChI is InChI=1S/C9H17N3S/c1-7-5-13-8(11-7)12(4)9(2,3)6-10/h5H,6,10H2,1-4H3. The van der Waals surface area contributed by atoms with Crippen LogP contribution in [0.15, 0.2) is 5.38 Å². The zero-order valence-corrected chi connectivity index (χ0v) is 9.48. The van der Waals surface area contributed by atoms with Gasteiger partial charge in [0.05, 0.1) is 5.69 Å². The fourth-order valence-corrected chi connectivity index (χ4v) is 1.82. The van der Waals surface area contributed by atoms with Gasteiger partial charge in [0, 0.05) is 24.5 Å². The molecule has 4 heteroatoms. The van der Waals surface area contributed by atoms with Gasteiger partial charge < -0.3 is 10.6 Å². The highest BCUT2D eigenvalue weighted by Gasteiger charge is 2.23. The van der Waals surface area contributed by atoms with Gasteiger partial charge in [-0.3, -0.25) is 0 Å². The van der Waals surface area contributed by atoms with Crippen LogP contribution in [0.25, 0.3) is 0 Å². The summed E-state index contributed by atoms with van der Waals surface area (Å²) < 4.78 is 0. The van der Waals surface area contributed by atoms with Crippen molar-refractivity contribution >= 4 is 16.5 Å². The van der Waals surface area contributed by atoms with Crippen molar-refractivity contribution in [3.8, 4) is 0 Å². The van der Waals surface area contributed by atoms with Crippen LogP contribution in [0.5, 0.6) is 0 Å². The average molecular weight is 199 g/mol. The lowest BCUT2D eigenvalue weighted by Crippen LogP contribution is -2.47. The minimum atomic E-state index is -0.0235. The highest BCUT2D eigenvalue weighted by atomic mass is 32.1. The molecule has 13 heavy (non-hydrogen) atoms. The van der Waals surface area contributed by atoms with Crippen molar-refractivity contribution in [3.05, 3.63) is 11.1 Å². The van der Waals surface area contributed by atoms with Crippen molar-refractivity contribution in [2.45, 2.75) is 26.3 Å². The van der Waals surface area contributed by atoms with Gasteiger partial charge in [-0.15, -0.1) is 11.3 Å². The van der Waals surface area contributed by atoms with Crippen LogP contribution in [0, 0.1) is 6.92 Å². The van der Waals surface area contributed by atoms with Crippen molar-refractivity contribution in [2.24, 2.45) is 5.73 Å². The van der Waals surface area contributed by atoms with E-state index in [1.165, 1.54) is 0 Å². The molecule has 0 aliphatic heterocycles. The monoisotopic (exact) mass is 199 g/mol. The molecule has 1 heterocycles. The Hall–Kier alpha value is -0.610. The molecule has 1 aromatic heterocycles. The van der Waals surface area contributed by atoms with E-state index in [2.05, 4.69) is 29.1 Å². The lowest BCUT2D eigenvalue weighted by molar-refractivity contribution is 0.498. The fraction of sp³-hybridized carbons (Fsp3) is 0.667. The minimum absolute atomic E-state index is 0.0235. The third-order valence-electron chi connectivity index (χ3n) is 2.30. The molecule has 2 N–H and O–H groups in total. The molecular formula is C9H17N3S. The summed E-state index contributed by atoms with van der Waals surface area (Å²) in [4.78, 5) is 6.54. The molecule has 1 rings (SSSR count). The van der Waals surface area contributed by atoms with Gasteiger partial charge in [-0.1, -0.05) is 0 Å². The molecule has 0 atom stereocenters. The quantitative estimate of drug-likeness (QED) is 0.804. The Kier molecular flexibility index (Phi) is 2.93. The summed E-state index contributed by atoms with van der Waals surface area (Å²) in [6, 6.07) is 0. The third kappa shape index (κ3) is 2.19. The molecule has 0 saturated carbocycles. The Labute approximate surface area is 83.6 Å². The molecular weight excluding hydrogens is 182 g/mol. The number of thiazole rings is 1. The van der Waals surface area contributed by atoms with E-state index in [1.54, 1.807) is 11.3 Å². The van der Waals surface area contributed by atoms with Gasteiger partial charge in [0.2, 0.25) is 0 Å². The van der Waals surface area contributed by atoms with E-state index < -0.39 is 0 Å². The molecule has 1 aromatic rings. The second kappa shape index (κ2) is 3.64. The van der Waals surface area contributed by atoms with Gasteiger partial charge >= 0.3 is 0 Å². The first-order valence-electron chi connectivity index (χ1n) is 4.33. The normalized spacial score (nSPS) is 11.8. The predicted molar refractivity (Wildman–Crippen MR) is 58.4 cm³/mol. The fourth-order valence-electron chi connectivity index (χ4n) is 0.891. The summed E-state index contributed by atoms with van der Waals surface area (Å²) in [6.45, 7) is 6.86. The van der Waals surface area contributed by atoms with Crippen LogP contribution in [0.3, 0.4) is 0 Å². The van der Waals surface area contributed by atoms with E-state index in [1.807, 2.05) is 14.0 Å². The van der Waals surface area contributed by atoms with Gasteiger partial charge in [-0.2, -0.15) is 0 Å². The molecule has 0 spiro atoms. The molecule has 0 bridgehead atoms. The van der Waals surface area contributed by atoms with Crippen molar-refractivity contribution in [1.82, 2.24) is 4.98 Å². The SMILES string of the molecule is Cc1csc(N(C)C(C)(C)CN)n1. The Morgan fingerprint density at radius 3 is 2.62 bits per heavy atom. The van der Waals surface area contributed by atoms with E-state index >= 15 is 0 Å². The molecule has 0 aliphatic carbocycles. The molecule has 0 fully saturated rings. The molecule has 74 valence electrons. The van der Waals surface area contributed by atoms with Gasteiger partial charge in [0.1, 0.15) is 0 Å². The van der Waals surface area contributed by atoms with Gasteiger partial charge in [0.25, 0.3) is 0 Å².